The summed E-state index contributed by atoms with van der Waals surface area (Å²) in [4.78, 5) is 15.5. The molecule has 136 valence electrons. The minimum Gasteiger partial charge on any atom is -0.387 e. The van der Waals surface area contributed by atoms with Crippen LogP contribution in [0.25, 0.3) is 12.3 Å². The molecule has 1 saturated heterocycles. The van der Waals surface area contributed by atoms with Crippen LogP contribution < -0.4 is 32.1 Å². The second-order valence-corrected chi connectivity index (χ2v) is 7.07. The number of aliphatic imine (C=N–C) groups is 1. The number of hydrogen-bond acceptors (Lipinski definition) is 5. The molecule has 0 saturated carbocycles. The molecule has 1 fully saturated rings. The van der Waals surface area contributed by atoms with Crippen molar-refractivity contribution in [3.05, 3.63) is 39.9 Å². The van der Waals surface area contributed by atoms with Crippen molar-refractivity contribution < 1.29 is 4.79 Å². The van der Waals surface area contributed by atoms with Crippen LogP contribution in [-0.2, 0) is 4.79 Å². The zero-order chi connectivity index (χ0) is 17.9. The van der Waals surface area contributed by atoms with E-state index < -0.39 is 5.91 Å². The number of carbonyl (C=O) groups is 1. The highest BCUT2D eigenvalue weighted by Crippen LogP contribution is 2.24. The monoisotopic (exact) mass is 351 g/mol. The van der Waals surface area contributed by atoms with Gasteiger partial charge >= 0.3 is 0 Å². The largest absolute Gasteiger partial charge is 0.387 e. The number of fused-ring (bicyclic) bond motifs is 1. The zero-order valence-corrected chi connectivity index (χ0v) is 14.8. The smallest absolute Gasteiger partial charge is 0.266 e. The predicted octanol–water partition coefficient (Wildman–Crippen LogP) is -0.100. The summed E-state index contributed by atoms with van der Waals surface area (Å²) in [6.07, 6.45) is 11.0. The van der Waals surface area contributed by atoms with Gasteiger partial charge in [0.2, 0.25) is 0 Å². The third-order valence-corrected chi connectivity index (χ3v) is 5.26. The molecule has 3 heterocycles. The minimum absolute atomic E-state index is 0.167. The van der Waals surface area contributed by atoms with Gasteiger partial charge in [-0.05, 0) is 49.2 Å². The molecule has 6 heteroatoms. The summed E-state index contributed by atoms with van der Waals surface area (Å²) in [5.74, 6) is -0.298. The Bertz CT molecular complexity index is 880. The number of nitrogens with zero attached hydrogens (tertiary/aromatic N) is 1. The van der Waals surface area contributed by atoms with Crippen molar-refractivity contribution in [3.8, 4) is 0 Å². The van der Waals surface area contributed by atoms with E-state index in [1.54, 1.807) is 0 Å². The number of anilines is 1. The maximum absolute atomic E-state index is 11.3. The van der Waals surface area contributed by atoms with Crippen LogP contribution in [-0.4, -0.2) is 37.8 Å². The Morgan fingerprint density at radius 3 is 2.81 bits per heavy atom. The van der Waals surface area contributed by atoms with Crippen molar-refractivity contribution in [2.24, 2.45) is 10.7 Å². The molecule has 6 nitrogen and oxygen atoms in total. The number of nitrogens with one attached hydrogen (secondary N) is 3. The van der Waals surface area contributed by atoms with Crippen molar-refractivity contribution in [1.82, 2.24) is 10.6 Å². The first-order chi connectivity index (χ1) is 12.7. The highest BCUT2D eigenvalue weighted by atomic mass is 16.1. The van der Waals surface area contributed by atoms with Crippen LogP contribution in [0.5, 0.6) is 0 Å². The van der Waals surface area contributed by atoms with E-state index in [4.69, 9.17) is 5.73 Å². The van der Waals surface area contributed by atoms with Crippen LogP contribution in [0.1, 0.15) is 30.7 Å². The van der Waals surface area contributed by atoms with Gasteiger partial charge in [-0.2, -0.15) is 0 Å². The van der Waals surface area contributed by atoms with E-state index >= 15 is 0 Å². The van der Waals surface area contributed by atoms with Crippen molar-refractivity contribution >= 4 is 30.1 Å². The lowest BCUT2D eigenvalue weighted by atomic mass is 9.92. The summed E-state index contributed by atoms with van der Waals surface area (Å²) in [7, 11) is 0. The van der Waals surface area contributed by atoms with Gasteiger partial charge in [0.05, 0.1) is 0 Å². The molecular weight excluding hydrogens is 326 g/mol. The van der Waals surface area contributed by atoms with Crippen LogP contribution in [0.3, 0.4) is 0 Å². The standard InChI is InChI=1S/C20H25N5O/c21-20(26)18-2-1-14(11-24-18)15-9-13-3-6-23-12-17(13)19(10-15)25-16-4-7-22-8-5-16/h2-3,9-12,14,16,22-23,25H,1,4-8H2,(H2,21,26). The Hall–Kier alpha value is -2.60. The minimum atomic E-state index is -0.465. The fourth-order valence-corrected chi connectivity index (χ4v) is 3.79. The lowest BCUT2D eigenvalue weighted by Gasteiger charge is -2.26. The molecule has 1 amide bonds. The van der Waals surface area contributed by atoms with Crippen molar-refractivity contribution in [2.45, 2.75) is 31.2 Å². The Kier molecular flexibility index (Phi) is 4.75. The third-order valence-electron chi connectivity index (χ3n) is 5.26. The quantitative estimate of drug-likeness (QED) is 0.610. The van der Waals surface area contributed by atoms with Gasteiger partial charge in [0.25, 0.3) is 5.91 Å². The first kappa shape index (κ1) is 16.8. The van der Waals surface area contributed by atoms with E-state index in [0.29, 0.717) is 11.7 Å². The Labute approximate surface area is 153 Å². The van der Waals surface area contributed by atoms with Crippen LogP contribution in [0.4, 0.5) is 5.69 Å². The van der Waals surface area contributed by atoms with E-state index in [1.807, 2.05) is 12.3 Å². The van der Waals surface area contributed by atoms with Gasteiger partial charge in [-0.3, -0.25) is 9.79 Å². The predicted molar refractivity (Wildman–Crippen MR) is 105 cm³/mol. The molecule has 5 N–H and O–H groups in total. The molecular formula is C20H25N5O. The number of amides is 1. The molecule has 1 aromatic carbocycles. The highest BCUT2D eigenvalue weighted by Gasteiger charge is 2.18. The fourth-order valence-electron chi connectivity index (χ4n) is 3.79. The highest BCUT2D eigenvalue weighted by molar-refractivity contribution is 5.94. The summed E-state index contributed by atoms with van der Waals surface area (Å²) < 4.78 is 0. The zero-order valence-electron chi connectivity index (χ0n) is 14.8. The topological polar surface area (TPSA) is 91.5 Å². The summed E-state index contributed by atoms with van der Waals surface area (Å²) in [6.45, 7) is 2.96. The molecule has 4 rings (SSSR count). The summed E-state index contributed by atoms with van der Waals surface area (Å²) in [5.41, 5.74) is 8.07. The molecule has 0 spiro atoms. The summed E-state index contributed by atoms with van der Waals surface area (Å²) in [5, 5.41) is 12.9. The molecule has 0 radical (unpaired) electrons. The first-order valence-corrected chi connectivity index (χ1v) is 9.30. The second-order valence-electron chi connectivity index (χ2n) is 7.07. The SMILES string of the molecule is NC(=O)C1=CCC(c2cc(NC3CCNCC3)c3c(c2)=CCNC=3)C=N1. The lowest BCUT2D eigenvalue weighted by molar-refractivity contribution is -0.114. The van der Waals surface area contributed by atoms with E-state index in [2.05, 4.69) is 45.4 Å². The number of allylic oxidation sites excluding steroid dienone is 1. The molecule has 1 atom stereocenters. The van der Waals surface area contributed by atoms with Crippen molar-refractivity contribution in [3.63, 3.8) is 0 Å². The second kappa shape index (κ2) is 7.33. The van der Waals surface area contributed by atoms with Gasteiger partial charge in [-0.15, -0.1) is 0 Å². The van der Waals surface area contributed by atoms with Gasteiger partial charge in [-0.25, -0.2) is 0 Å². The number of benzene rings is 1. The van der Waals surface area contributed by atoms with Crippen molar-refractivity contribution in [2.75, 3.05) is 25.0 Å². The summed E-state index contributed by atoms with van der Waals surface area (Å²) in [6, 6.07) is 4.96. The molecule has 3 aliphatic rings. The average molecular weight is 351 g/mol. The van der Waals surface area contributed by atoms with Crippen LogP contribution in [0.15, 0.2) is 28.9 Å². The third kappa shape index (κ3) is 3.51. The van der Waals surface area contributed by atoms with E-state index in [-0.39, 0.29) is 5.92 Å². The summed E-state index contributed by atoms with van der Waals surface area (Å²) >= 11 is 0. The number of carbonyl (C=O) groups excluding carboxylic acids is 1. The maximum atomic E-state index is 11.3. The van der Waals surface area contributed by atoms with Gasteiger partial charge < -0.3 is 21.7 Å². The molecule has 0 bridgehead atoms. The number of rotatable bonds is 4. The van der Waals surface area contributed by atoms with Crippen LogP contribution in [0, 0.1) is 0 Å². The van der Waals surface area contributed by atoms with Gasteiger partial charge in [0.1, 0.15) is 5.70 Å². The first-order valence-electron chi connectivity index (χ1n) is 9.30. The number of piperidine rings is 1. The number of nitrogens with two attached hydrogens (primary N) is 1. The molecule has 1 aromatic rings. The van der Waals surface area contributed by atoms with E-state index in [0.717, 1.165) is 38.9 Å². The Balaban J connectivity index is 1.65. The molecule has 0 aromatic heterocycles. The van der Waals surface area contributed by atoms with Gasteiger partial charge in [-0.1, -0.05) is 18.2 Å². The maximum Gasteiger partial charge on any atom is 0.266 e. The van der Waals surface area contributed by atoms with E-state index in [1.165, 1.54) is 21.7 Å². The average Bonchev–Trinajstić information content (AvgIpc) is 2.69. The van der Waals surface area contributed by atoms with Crippen molar-refractivity contribution in [1.29, 1.82) is 0 Å². The molecule has 3 aliphatic heterocycles. The van der Waals surface area contributed by atoms with Gasteiger partial charge in [0, 0.05) is 41.8 Å². The fraction of sp³-hybridized carbons (Fsp3) is 0.400. The number of hydrogen-bond donors (Lipinski definition) is 4. The van der Waals surface area contributed by atoms with E-state index in [9.17, 15) is 4.79 Å². The van der Waals surface area contributed by atoms with Gasteiger partial charge in [0.15, 0.2) is 0 Å². The normalized spacial score (nSPS) is 22.3. The molecule has 1 unspecified atom stereocenters. The van der Waals surface area contributed by atoms with Crippen LogP contribution >= 0.6 is 0 Å². The molecule has 26 heavy (non-hydrogen) atoms. The Morgan fingerprint density at radius 1 is 1.23 bits per heavy atom. The van der Waals surface area contributed by atoms with Crippen LogP contribution in [0.2, 0.25) is 0 Å². The molecule has 0 aliphatic carbocycles. The Morgan fingerprint density at radius 2 is 2.08 bits per heavy atom. The lowest BCUT2D eigenvalue weighted by Crippen LogP contribution is -2.40. The number of primary amides is 1.